The summed E-state index contributed by atoms with van der Waals surface area (Å²) in [5.74, 6) is 0. The summed E-state index contributed by atoms with van der Waals surface area (Å²) in [6.45, 7) is 3.46. The Hall–Kier alpha value is -2.37. The molecular weight excluding hydrogens is 342 g/mol. The van der Waals surface area contributed by atoms with Gasteiger partial charge in [0.2, 0.25) is 0 Å². The summed E-state index contributed by atoms with van der Waals surface area (Å²) in [7, 11) is 0. The number of amides is 2. The van der Waals surface area contributed by atoms with E-state index in [-0.39, 0.29) is 12.1 Å². The number of fused-ring (bicyclic) bond motifs is 1. The molecule has 1 aromatic heterocycles. The predicted octanol–water partition coefficient (Wildman–Crippen LogP) is 3.98. The lowest BCUT2D eigenvalue weighted by molar-refractivity contribution is 0.235. The lowest BCUT2D eigenvalue weighted by Gasteiger charge is -2.16. The molecule has 0 aliphatic carbocycles. The molecule has 1 unspecified atom stereocenters. The van der Waals surface area contributed by atoms with Gasteiger partial charge in [-0.25, -0.2) is 4.79 Å². The van der Waals surface area contributed by atoms with Crippen LogP contribution in [0, 0.1) is 0 Å². The molecule has 5 heteroatoms. The summed E-state index contributed by atoms with van der Waals surface area (Å²) in [5.41, 5.74) is 2.50. The molecule has 1 fully saturated rings. The average Bonchev–Trinajstić information content (AvgIpc) is 3.32. The Balaban J connectivity index is 1.28. The van der Waals surface area contributed by atoms with E-state index in [2.05, 4.69) is 56.6 Å². The zero-order chi connectivity index (χ0) is 17.8. The third kappa shape index (κ3) is 4.06. The van der Waals surface area contributed by atoms with Gasteiger partial charge >= 0.3 is 6.03 Å². The van der Waals surface area contributed by atoms with Gasteiger partial charge in [0.1, 0.15) is 0 Å². The molecule has 2 amide bonds. The molecule has 4 nitrogen and oxygen atoms in total. The lowest BCUT2D eigenvalue weighted by atomic mass is 10.0. The number of carbonyl (C=O) groups excluding carboxylic acids is 1. The van der Waals surface area contributed by atoms with Crippen molar-refractivity contribution >= 4 is 28.1 Å². The Morgan fingerprint density at radius 1 is 1.15 bits per heavy atom. The van der Waals surface area contributed by atoms with Crippen LogP contribution in [-0.4, -0.2) is 30.1 Å². The number of hydrogen-bond acceptors (Lipinski definition) is 3. The largest absolute Gasteiger partial charge is 0.334 e. The minimum absolute atomic E-state index is 0.0830. The molecule has 3 aromatic rings. The molecule has 26 heavy (non-hydrogen) atoms. The zero-order valence-electron chi connectivity index (χ0n) is 14.7. The monoisotopic (exact) mass is 365 g/mol. The van der Waals surface area contributed by atoms with E-state index in [1.807, 2.05) is 18.2 Å². The number of thiophene rings is 1. The quantitative estimate of drug-likeness (QED) is 0.718. The highest BCUT2D eigenvalue weighted by atomic mass is 32.1. The van der Waals surface area contributed by atoms with Gasteiger partial charge in [0, 0.05) is 32.2 Å². The maximum absolute atomic E-state index is 12.3. The minimum atomic E-state index is -0.0830. The second-order valence-corrected chi connectivity index (χ2v) is 7.60. The Morgan fingerprint density at radius 2 is 2.04 bits per heavy atom. The van der Waals surface area contributed by atoms with Crippen LogP contribution in [0.4, 0.5) is 4.79 Å². The van der Waals surface area contributed by atoms with E-state index in [9.17, 15) is 4.79 Å². The fourth-order valence-electron chi connectivity index (χ4n) is 3.59. The van der Waals surface area contributed by atoms with Crippen LogP contribution in [0.25, 0.3) is 10.8 Å². The van der Waals surface area contributed by atoms with E-state index < -0.39 is 0 Å². The van der Waals surface area contributed by atoms with E-state index in [1.54, 1.807) is 11.3 Å². The molecule has 0 spiro atoms. The normalized spacial score (nSPS) is 17.5. The van der Waals surface area contributed by atoms with Crippen molar-refractivity contribution in [2.24, 2.45) is 0 Å². The van der Waals surface area contributed by atoms with Gasteiger partial charge in [0.05, 0.1) is 0 Å². The molecule has 0 bridgehead atoms. The van der Waals surface area contributed by atoms with Gasteiger partial charge in [-0.3, -0.25) is 4.90 Å². The fourth-order valence-corrected chi connectivity index (χ4v) is 4.25. The Morgan fingerprint density at radius 3 is 2.92 bits per heavy atom. The second-order valence-electron chi connectivity index (χ2n) is 6.82. The molecule has 1 aliphatic heterocycles. The van der Waals surface area contributed by atoms with Crippen LogP contribution in [0.5, 0.6) is 0 Å². The van der Waals surface area contributed by atoms with E-state index in [4.69, 9.17) is 0 Å². The van der Waals surface area contributed by atoms with Crippen molar-refractivity contribution in [3.63, 3.8) is 0 Å². The molecule has 0 radical (unpaired) electrons. The van der Waals surface area contributed by atoms with Gasteiger partial charge in [-0.15, -0.1) is 0 Å². The van der Waals surface area contributed by atoms with Crippen molar-refractivity contribution in [1.29, 1.82) is 0 Å². The van der Waals surface area contributed by atoms with Gasteiger partial charge in [0.25, 0.3) is 0 Å². The Labute approximate surface area is 157 Å². The third-order valence-corrected chi connectivity index (χ3v) is 5.65. The first-order valence-corrected chi connectivity index (χ1v) is 9.96. The van der Waals surface area contributed by atoms with Crippen LogP contribution in [0.15, 0.2) is 59.3 Å². The summed E-state index contributed by atoms with van der Waals surface area (Å²) >= 11 is 1.73. The van der Waals surface area contributed by atoms with Gasteiger partial charge in [-0.2, -0.15) is 11.3 Å². The number of carbonyl (C=O) groups is 1. The van der Waals surface area contributed by atoms with Crippen molar-refractivity contribution < 1.29 is 4.79 Å². The van der Waals surface area contributed by atoms with Gasteiger partial charge in [-0.05, 0) is 45.1 Å². The van der Waals surface area contributed by atoms with Crippen LogP contribution >= 0.6 is 11.3 Å². The summed E-state index contributed by atoms with van der Waals surface area (Å²) in [4.78, 5) is 14.7. The topological polar surface area (TPSA) is 44.4 Å². The van der Waals surface area contributed by atoms with E-state index in [0.717, 1.165) is 31.6 Å². The third-order valence-electron chi connectivity index (χ3n) is 4.91. The zero-order valence-corrected chi connectivity index (χ0v) is 15.5. The number of hydrogen-bond donors (Lipinski definition) is 2. The van der Waals surface area contributed by atoms with E-state index in [0.29, 0.717) is 6.54 Å². The highest BCUT2D eigenvalue weighted by Gasteiger charge is 2.23. The number of nitrogens with one attached hydrogen (secondary N) is 2. The summed E-state index contributed by atoms with van der Waals surface area (Å²) < 4.78 is 0. The first kappa shape index (κ1) is 17.1. The molecule has 2 heterocycles. The second kappa shape index (κ2) is 7.89. The molecule has 2 N–H and O–H groups in total. The lowest BCUT2D eigenvalue weighted by Crippen LogP contribution is -2.43. The molecule has 2 aromatic carbocycles. The van der Waals surface area contributed by atoms with Gasteiger partial charge < -0.3 is 10.6 Å². The van der Waals surface area contributed by atoms with Crippen LogP contribution in [0.3, 0.4) is 0 Å². The number of benzene rings is 2. The highest BCUT2D eigenvalue weighted by molar-refractivity contribution is 7.07. The minimum Gasteiger partial charge on any atom is -0.334 e. The smallest absolute Gasteiger partial charge is 0.315 e. The van der Waals surface area contributed by atoms with Crippen molar-refractivity contribution in [2.75, 3.05) is 13.1 Å². The van der Waals surface area contributed by atoms with Crippen molar-refractivity contribution in [3.05, 3.63) is 70.4 Å². The van der Waals surface area contributed by atoms with Crippen molar-refractivity contribution in [3.8, 4) is 0 Å². The maximum atomic E-state index is 12.3. The average molecular weight is 366 g/mol. The van der Waals surface area contributed by atoms with Gasteiger partial charge in [-0.1, -0.05) is 42.5 Å². The van der Waals surface area contributed by atoms with Crippen LogP contribution < -0.4 is 10.6 Å². The van der Waals surface area contributed by atoms with Crippen molar-refractivity contribution in [2.45, 2.75) is 25.6 Å². The molecule has 0 saturated carbocycles. The highest BCUT2D eigenvalue weighted by Crippen LogP contribution is 2.18. The summed E-state index contributed by atoms with van der Waals surface area (Å²) in [6, 6.07) is 16.8. The number of urea groups is 1. The number of nitrogens with zero attached hydrogens (tertiary/aromatic N) is 1. The molecule has 134 valence electrons. The fraction of sp³-hybridized carbons (Fsp3) is 0.286. The Kier molecular flexibility index (Phi) is 5.18. The van der Waals surface area contributed by atoms with Crippen LogP contribution in [0.2, 0.25) is 0 Å². The maximum Gasteiger partial charge on any atom is 0.315 e. The molecular formula is C21H23N3OS. The van der Waals surface area contributed by atoms with Gasteiger partial charge in [0.15, 0.2) is 0 Å². The molecule has 1 saturated heterocycles. The molecule has 1 atom stereocenters. The van der Waals surface area contributed by atoms with Crippen molar-refractivity contribution in [1.82, 2.24) is 15.5 Å². The first-order valence-electron chi connectivity index (χ1n) is 9.02. The predicted molar refractivity (Wildman–Crippen MR) is 107 cm³/mol. The number of likely N-dealkylation sites (tertiary alicyclic amines) is 1. The summed E-state index contributed by atoms with van der Waals surface area (Å²) in [6.07, 6.45) is 1.01. The van der Waals surface area contributed by atoms with E-state index in [1.165, 1.54) is 16.3 Å². The first-order chi connectivity index (χ1) is 12.8. The SMILES string of the molecule is O=C(NCc1cccc2ccccc12)NC1CCN(Cc2ccsc2)C1. The van der Waals surface area contributed by atoms with Crippen LogP contribution in [0.1, 0.15) is 17.5 Å². The van der Waals surface area contributed by atoms with E-state index >= 15 is 0 Å². The molecule has 4 rings (SSSR count). The molecule has 1 aliphatic rings. The standard InChI is InChI=1S/C21H23N3OS/c25-21(22-12-18-6-3-5-17-4-1-2-7-20(17)18)23-19-8-10-24(14-19)13-16-9-11-26-15-16/h1-7,9,11,15,19H,8,10,12-14H2,(H2,22,23,25). The number of rotatable bonds is 5. The summed E-state index contributed by atoms with van der Waals surface area (Å²) in [5, 5.41) is 12.8. The van der Waals surface area contributed by atoms with Crippen LogP contribution in [-0.2, 0) is 13.1 Å². The Bertz CT molecular complexity index is 873.